The van der Waals surface area contributed by atoms with Gasteiger partial charge in [0.1, 0.15) is 0 Å². The minimum atomic E-state index is 0.244. The summed E-state index contributed by atoms with van der Waals surface area (Å²) in [6.07, 6.45) is 8.10. The standard InChI is InChI=1S/C15H33NO/c1-6-8-9-10-11-14(3)17-13-12-16-15(4,5)7-2/h14,16H,6-13H2,1-5H3. The van der Waals surface area contributed by atoms with Crippen molar-refractivity contribution in [2.75, 3.05) is 13.2 Å². The molecule has 0 radical (unpaired) electrons. The Morgan fingerprint density at radius 1 is 1.12 bits per heavy atom. The SMILES string of the molecule is CCCCCCC(C)OCCNC(C)(C)CC. The number of hydrogen-bond acceptors (Lipinski definition) is 2. The van der Waals surface area contributed by atoms with E-state index >= 15 is 0 Å². The molecule has 0 fully saturated rings. The van der Waals surface area contributed by atoms with Crippen molar-refractivity contribution in [3.63, 3.8) is 0 Å². The van der Waals surface area contributed by atoms with Crippen molar-refractivity contribution in [2.24, 2.45) is 0 Å². The fraction of sp³-hybridized carbons (Fsp3) is 1.00. The van der Waals surface area contributed by atoms with Crippen LogP contribution in [-0.4, -0.2) is 24.8 Å². The van der Waals surface area contributed by atoms with Crippen LogP contribution < -0.4 is 5.32 Å². The lowest BCUT2D eigenvalue weighted by atomic mass is 10.0. The van der Waals surface area contributed by atoms with Gasteiger partial charge in [-0.15, -0.1) is 0 Å². The molecule has 0 aliphatic carbocycles. The quantitative estimate of drug-likeness (QED) is 0.551. The molecule has 0 bridgehead atoms. The molecule has 0 aromatic rings. The first-order chi connectivity index (χ1) is 8.02. The molecule has 104 valence electrons. The van der Waals surface area contributed by atoms with Gasteiger partial charge in [-0.05, 0) is 33.6 Å². The maximum Gasteiger partial charge on any atom is 0.0594 e. The van der Waals surface area contributed by atoms with Crippen molar-refractivity contribution < 1.29 is 4.74 Å². The van der Waals surface area contributed by atoms with Gasteiger partial charge in [0, 0.05) is 12.1 Å². The summed E-state index contributed by atoms with van der Waals surface area (Å²) in [7, 11) is 0. The molecule has 0 spiro atoms. The molecular weight excluding hydrogens is 210 g/mol. The Balaban J connectivity index is 3.36. The smallest absolute Gasteiger partial charge is 0.0594 e. The van der Waals surface area contributed by atoms with E-state index in [4.69, 9.17) is 4.74 Å². The molecule has 1 atom stereocenters. The number of hydrogen-bond donors (Lipinski definition) is 1. The highest BCUT2D eigenvalue weighted by molar-refractivity contribution is 4.74. The third kappa shape index (κ3) is 10.8. The van der Waals surface area contributed by atoms with Crippen molar-refractivity contribution in [3.8, 4) is 0 Å². The van der Waals surface area contributed by atoms with Crippen LogP contribution in [0.25, 0.3) is 0 Å². The summed E-state index contributed by atoms with van der Waals surface area (Å²) in [5.41, 5.74) is 0.244. The van der Waals surface area contributed by atoms with Crippen LogP contribution in [0.3, 0.4) is 0 Å². The Labute approximate surface area is 109 Å². The van der Waals surface area contributed by atoms with Gasteiger partial charge in [0.25, 0.3) is 0 Å². The highest BCUT2D eigenvalue weighted by Crippen LogP contribution is 2.08. The molecular formula is C15H33NO. The molecule has 0 aliphatic heterocycles. The molecule has 2 nitrogen and oxygen atoms in total. The van der Waals surface area contributed by atoms with Crippen molar-refractivity contribution in [1.82, 2.24) is 5.32 Å². The largest absolute Gasteiger partial charge is 0.377 e. The Kier molecular flexibility index (Phi) is 9.85. The van der Waals surface area contributed by atoms with Gasteiger partial charge in [0.2, 0.25) is 0 Å². The van der Waals surface area contributed by atoms with Crippen LogP contribution in [0.15, 0.2) is 0 Å². The summed E-state index contributed by atoms with van der Waals surface area (Å²) in [5.74, 6) is 0. The number of rotatable bonds is 11. The lowest BCUT2D eigenvalue weighted by Crippen LogP contribution is -2.40. The van der Waals surface area contributed by atoms with Gasteiger partial charge in [-0.3, -0.25) is 0 Å². The van der Waals surface area contributed by atoms with Crippen LogP contribution in [0.2, 0.25) is 0 Å². The molecule has 0 heterocycles. The molecule has 0 aromatic carbocycles. The van der Waals surface area contributed by atoms with E-state index in [1.54, 1.807) is 0 Å². The van der Waals surface area contributed by atoms with Crippen LogP contribution in [0.4, 0.5) is 0 Å². The molecule has 1 N–H and O–H groups in total. The van der Waals surface area contributed by atoms with Crippen molar-refractivity contribution in [3.05, 3.63) is 0 Å². The second-order valence-corrected chi connectivity index (χ2v) is 5.69. The molecule has 0 saturated heterocycles. The molecule has 17 heavy (non-hydrogen) atoms. The van der Waals surface area contributed by atoms with Gasteiger partial charge in [0.15, 0.2) is 0 Å². The van der Waals surface area contributed by atoms with Gasteiger partial charge in [-0.1, -0.05) is 39.5 Å². The van der Waals surface area contributed by atoms with Crippen LogP contribution >= 0.6 is 0 Å². The molecule has 1 unspecified atom stereocenters. The zero-order valence-corrected chi connectivity index (χ0v) is 12.6. The normalized spacial score (nSPS) is 13.9. The summed E-state index contributed by atoms with van der Waals surface area (Å²) in [4.78, 5) is 0. The number of unbranched alkanes of at least 4 members (excludes halogenated alkanes) is 3. The Hall–Kier alpha value is -0.0800. The fourth-order valence-corrected chi connectivity index (χ4v) is 1.72. The topological polar surface area (TPSA) is 21.3 Å². The van der Waals surface area contributed by atoms with E-state index in [1.807, 2.05) is 0 Å². The van der Waals surface area contributed by atoms with E-state index < -0.39 is 0 Å². The molecule has 0 amide bonds. The Morgan fingerprint density at radius 2 is 1.82 bits per heavy atom. The predicted molar refractivity (Wildman–Crippen MR) is 76.5 cm³/mol. The zero-order valence-electron chi connectivity index (χ0n) is 12.6. The van der Waals surface area contributed by atoms with Crippen LogP contribution in [0.5, 0.6) is 0 Å². The average molecular weight is 243 g/mol. The van der Waals surface area contributed by atoms with Gasteiger partial charge >= 0.3 is 0 Å². The zero-order chi connectivity index (χ0) is 13.1. The third-order valence-corrected chi connectivity index (χ3v) is 3.46. The van der Waals surface area contributed by atoms with Crippen LogP contribution in [-0.2, 0) is 4.74 Å². The minimum Gasteiger partial charge on any atom is -0.377 e. The van der Waals surface area contributed by atoms with E-state index in [0.29, 0.717) is 6.10 Å². The van der Waals surface area contributed by atoms with Gasteiger partial charge in [0.05, 0.1) is 12.7 Å². The number of ether oxygens (including phenoxy) is 1. The first-order valence-electron chi connectivity index (χ1n) is 7.38. The average Bonchev–Trinajstić information content (AvgIpc) is 2.30. The Morgan fingerprint density at radius 3 is 2.41 bits per heavy atom. The first-order valence-corrected chi connectivity index (χ1v) is 7.38. The van der Waals surface area contributed by atoms with E-state index in [0.717, 1.165) is 19.6 Å². The lowest BCUT2D eigenvalue weighted by Gasteiger charge is -2.25. The second kappa shape index (κ2) is 9.90. The molecule has 0 saturated carbocycles. The first kappa shape index (κ1) is 16.9. The van der Waals surface area contributed by atoms with Gasteiger partial charge in [-0.25, -0.2) is 0 Å². The van der Waals surface area contributed by atoms with E-state index in [2.05, 4.69) is 39.9 Å². The summed E-state index contributed by atoms with van der Waals surface area (Å²) in [6, 6.07) is 0. The van der Waals surface area contributed by atoms with Crippen molar-refractivity contribution in [1.29, 1.82) is 0 Å². The molecule has 0 aliphatic rings. The van der Waals surface area contributed by atoms with E-state index in [1.165, 1.54) is 32.1 Å². The highest BCUT2D eigenvalue weighted by Gasteiger charge is 2.12. The monoisotopic (exact) mass is 243 g/mol. The van der Waals surface area contributed by atoms with Gasteiger partial charge in [-0.2, -0.15) is 0 Å². The highest BCUT2D eigenvalue weighted by atomic mass is 16.5. The van der Waals surface area contributed by atoms with E-state index in [-0.39, 0.29) is 5.54 Å². The van der Waals surface area contributed by atoms with Gasteiger partial charge < -0.3 is 10.1 Å². The summed E-state index contributed by atoms with van der Waals surface area (Å²) in [5, 5.41) is 3.52. The Bertz CT molecular complexity index is 168. The summed E-state index contributed by atoms with van der Waals surface area (Å²) in [6.45, 7) is 12.9. The molecule has 0 aromatic heterocycles. The maximum atomic E-state index is 5.80. The van der Waals surface area contributed by atoms with Crippen LogP contribution in [0, 0.1) is 0 Å². The van der Waals surface area contributed by atoms with Crippen molar-refractivity contribution >= 4 is 0 Å². The van der Waals surface area contributed by atoms with Crippen LogP contribution in [0.1, 0.15) is 73.1 Å². The minimum absolute atomic E-state index is 0.244. The second-order valence-electron chi connectivity index (χ2n) is 5.69. The maximum absolute atomic E-state index is 5.80. The summed E-state index contributed by atoms with van der Waals surface area (Å²) < 4.78 is 5.80. The molecule has 0 rings (SSSR count). The summed E-state index contributed by atoms with van der Waals surface area (Å²) >= 11 is 0. The van der Waals surface area contributed by atoms with Crippen molar-refractivity contribution in [2.45, 2.75) is 84.8 Å². The number of nitrogens with one attached hydrogen (secondary N) is 1. The fourth-order valence-electron chi connectivity index (χ4n) is 1.72. The third-order valence-electron chi connectivity index (χ3n) is 3.46. The molecule has 2 heteroatoms. The van der Waals surface area contributed by atoms with E-state index in [9.17, 15) is 0 Å². The predicted octanol–water partition coefficient (Wildman–Crippen LogP) is 4.14. The lowest BCUT2D eigenvalue weighted by molar-refractivity contribution is 0.0571.